The molecule has 1 atom stereocenters. The number of hydrogen-bond acceptors (Lipinski definition) is 14. The van der Waals surface area contributed by atoms with E-state index < -0.39 is 63.8 Å². The van der Waals surface area contributed by atoms with Crippen molar-refractivity contribution in [1.29, 1.82) is 0 Å². The number of hydrogen-bond donors (Lipinski definition) is 4. The number of phosphoric acid groups is 1. The number of nitrogens with zero attached hydrogens (tertiary/aromatic N) is 5. The van der Waals surface area contributed by atoms with E-state index in [1.807, 2.05) is 9.62 Å². The number of piperazine rings is 1. The second-order valence-corrected chi connectivity index (χ2v) is 21.4. The van der Waals surface area contributed by atoms with Crippen LogP contribution in [0.5, 0.6) is 11.5 Å². The molecular weight excluding hydrogens is 998 g/mol. The Labute approximate surface area is 411 Å². The van der Waals surface area contributed by atoms with Crippen molar-refractivity contribution < 1.29 is 64.4 Å². The van der Waals surface area contributed by atoms with E-state index in [9.17, 15) is 50.8 Å². The third kappa shape index (κ3) is 12.7. The van der Waals surface area contributed by atoms with Crippen LogP contribution in [0.3, 0.4) is 0 Å². The van der Waals surface area contributed by atoms with Crippen molar-refractivity contribution >= 4 is 58.0 Å². The predicted octanol–water partition coefficient (Wildman–Crippen LogP) is 8.16. The van der Waals surface area contributed by atoms with E-state index in [0.717, 1.165) is 48.3 Å². The fraction of sp³-hybridized carbons (Fsp3) is 0.391. The molecule has 0 saturated carbocycles. The largest absolute Gasteiger partial charge is 0.471 e. The van der Waals surface area contributed by atoms with Gasteiger partial charge in [0.25, 0.3) is 21.6 Å². The van der Waals surface area contributed by atoms with Gasteiger partial charge in [-0.15, -0.1) is 0 Å². The highest BCUT2D eigenvalue weighted by Crippen LogP contribution is 2.46. The third-order valence-electron chi connectivity index (χ3n) is 12.4. The van der Waals surface area contributed by atoms with E-state index in [2.05, 4.69) is 29.0 Å². The average molecular weight is 1050 g/mol. The zero-order chi connectivity index (χ0) is 50.9. The van der Waals surface area contributed by atoms with Gasteiger partial charge in [0.2, 0.25) is 0 Å². The Morgan fingerprint density at radius 1 is 1.06 bits per heavy atom. The fourth-order valence-electron chi connectivity index (χ4n) is 8.75. The number of nitro groups is 1. The number of amides is 1. The highest BCUT2D eigenvalue weighted by molar-refractivity contribution is 7.90. The topological polar surface area (TPSA) is 237 Å². The standard InChI is InChI=1S/C46H50ClF3N7O12PS/c1-45(2)11-9-30(38(23-45)36-6-3-31(20-39(36)47)46(48,49)50)25-54-13-15-55(16-14-54)32-4-7-37(42(21-32)69-33-19-29-10-12-51-43(29)56(26-33)28-68-70(61,62)63)44(58)53-71(64,65)35-5-8-40(41(22-35)57(59)60)52-24-34-27-66-17-18-67-34/h3-8,10,12,19-22,26,34,52H,9,11,13-18,23-25,27-28H2,1-2H3,(H,53,58)(H2,61,62,63)/t34-/m0/s1. The maximum absolute atomic E-state index is 14.1. The van der Waals surface area contributed by atoms with Crippen LogP contribution in [0.1, 0.15) is 54.6 Å². The van der Waals surface area contributed by atoms with Crippen molar-refractivity contribution in [3.05, 3.63) is 117 Å². The number of fused-ring (bicyclic) bond motifs is 1. The number of aromatic nitrogens is 2. The molecule has 19 nitrogen and oxygen atoms in total. The molecule has 0 aromatic heterocycles. The van der Waals surface area contributed by atoms with E-state index in [4.69, 9.17) is 30.3 Å². The molecule has 0 unspecified atom stereocenters. The SMILES string of the molecule is CC1(C)CCC(CN2CCN(c3ccc(C(=O)NS(=O)(=O)c4ccc(NC[C@H]5COCCO5)c([N+](=O)[O-])c4)c(Oc4cc5ccnc-5n(COP(=O)(O)O)c4)c3)CC2)=C(c2ccc(C(F)(F)F)cc2Cl)C1. The number of ether oxygens (including phenoxy) is 3. The van der Waals surface area contributed by atoms with Crippen molar-refractivity contribution in [3.8, 4) is 22.9 Å². The molecule has 71 heavy (non-hydrogen) atoms. The maximum atomic E-state index is 14.1. The normalized spacial score (nSPS) is 18.1. The zero-order valence-electron chi connectivity index (χ0n) is 38.4. The first-order valence-electron chi connectivity index (χ1n) is 22.3. The minimum absolute atomic E-state index is 0.0184. The van der Waals surface area contributed by atoms with Crippen molar-refractivity contribution in [1.82, 2.24) is 19.2 Å². The van der Waals surface area contributed by atoms with Crippen LogP contribution >= 0.6 is 19.4 Å². The molecule has 1 aliphatic carbocycles. The molecule has 3 aromatic rings. The van der Waals surface area contributed by atoms with E-state index in [-0.39, 0.29) is 52.2 Å². The lowest BCUT2D eigenvalue weighted by molar-refractivity contribution is -0.384. The number of carbonyl (C=O) groups excluding carboxylic acids is 1. The lowest BCUT2D eigenvalue weighted by atomic mass is 9.72. The molecule has 4 heterocycles. The van der Waals surface area contributed by atoms with E-state index >= 15 is 0 Å². The Kier molecular flexibility index (Phi) is 15.2. The molecule has 0 radical (unpaired) electrons. The van der Waals surface area contributed by atoms with Crippen LogP contribution in [0.25, 0.3) is 17.0 Å². The molecule has 380 valence electrons. The molecule has 4 N–H and O–H groups in total. The zero-order valence-corrected chi connectivity index (χ0v) is 40.8. The van der Waals surface area contributed by atoms with Gasteiger partial charge in [-0.2, -0.15) is 13.2 Å². The van der Waals surface area contributed by atoms with Gasteiger partial charge in [0.15, 0.2) is 0 Å². The molecule has 3 aromatic carbocycles. The minimum atomic E-state index is -4.93. The van der Waals surface area contributed by atoms with Gasteiger partial charge in [-0.25, -0.2) is 22.7 Å². The highest BCUT2D eigenvalue weighted by atomic mass is 35.5. The van der Waals surface area contributed by atoms with Crippen LogP contribution in [-0.2, 0) is 41.5 Å². The van der Waals surface area contributed by atoms with Crippen molar-refractivity contribution in [2.45, 2.75) is 57.0 Å². The molecule has 25 heteroatoms. The van der Waals surface area contributed by atoms with Gasteiger partial charge < -0.3 is 38.8 Å². The van der Waals surface area contributed by atoms with Gasteiger partial charge in [0.1, 0.15) is 29.7 Å². The third-order valence-corrected chi connectivity index (χ3v) is 14.5. The highest BCUT2D eigenvalue weighted by Gasteiger charge is 2.34. The number of halogens is 4. The Hall–Kier alpha value is -5.62. The smallest absolute Gasteiger partial charge is 0.455 e. The molecule has 2 saturated heterocycles. The summed E-state index contributed by atoms with van der Waals surface area (Å²) >= 11 is 6.53. The number of rotatable bonds is 16. The van der Waals surface area contributed by atoms with Crippen LogP contribution in [0.15, 0.2) is 89.6 Å². The van der Waals surface area contributed by atoms with E-state index in [1.54, 1.807) is 24.3 Å². The van der Waals surface area contributed by atoms with Crippen LogP contribution < -0.4 is 19.7 Å². The van der Waals surface area contributed by atoms with Crippen molar-refractivity contribution in [2.24, 2.45) is 5.41 Å². The summed E-state index contributed by atoms with van der Waals surface area (Å²) in [6.07, 6.45) is 0.132. The Morgan fingerprint density at radius 3 is 2.52 bits per heavy atom. The molecule has 5 aliphatic rings. The minimum Gasteiger partial charge on any atom is -0.455 e. The summed E-state index contributed by atoms with van der Waals surface area (Å²) in [4.78, 5) is 52.2. The predicted molar refractivity (Wildman–Crippen MR) is 255 cm³/mol. The van der Waals surface area contributed by atoms with E-state index in [0.29, 0.717) is 69.2 Å². The summed E-state index contributed by atoms with van der Waals surface area (Å²) in [5.74, 6) is -0.922. The van der Waals surface area contributed by atoms with E-state index in [1.165, 1.54) is 35.2 Å². The first kappa shape index (κ1) is 51.7. The quantitative estimate of drug-likeness (QED) is 0.0414. The van der Waals surface area contributed by atoms with Gasteiger partial charge in [-0.1, -0.05) is 37.1 Å². The number of sulfonamides is 1. The van der Waals surface area contributed by atoms with Gasteiger partial charge in [-0.3, -0.25) is 24.3 Å². The van der Waals surface area contributed by atoms with Crippen LogP contribution in [0, 0.1) is 15.5 Å². The first-order chi connectivity index (χ1) is 33.5. The second-order valence-electron chi connectivity index (χ2n) is 18.1. The molecule has 8 rings (SSSR count). The van der Waals surface area contributed by atoms with Crippen LogP contribution in [0.2, 0.25) is 5.02 Å². The fourth-order valence-corrected chi connectivity index (χ4v) is 10.3. The summed E-state index contributed by atoms with van der Waals surface area (Å²) in [6, 6.07) is 14.3. The summed E-state index contributed by atoms with van der Waals surface area (Å²) in [6.45, 7) is 7.48. The Balaban J connectivity index is 1.05. The maximum Gasteiger partial charge on any atom is 0.471 e. The second kappa shape index (κ2) is 20.8. The molecule has 1 amide bonds. The molecule has 4 aliphatic heterocycles. The number of phosphoric ester groups is 1. The molecule has 0 bridgehead atoms. The van der Waals surface area contributed by atoms with Gasteiger partial charge in [-0.05, 0) is 84.3 Å². The number of allylic oxidation sites excluding steroid dienone is 1. The summed E-state index contributed by atoms with van der Waals surface area (Å²) in [5, 5.41) is 15.1. The lowest BCUT2D eigenvalue weighted by Gasteiger charge is -2.39. The number of benzene rings is 3. The van der Waals surface area contributed by atoms with Gasteiger partial charge in [0, 0.05) is 73.9 Å². The Morgan fingerprint density at radius 2 is 1.83 bits per heavy atom. The molecule has 0 spiro atoms. The number of nitrogens with one attached hydrogen (secondary N) is 2. The molecule has 2 fully saturated rings. The summed E-state index contributed by atoms with van der Waals surface area (Å²) < 4.78 is 105. The number of pyridine rings is 1. The lowest BCUT2D eigenvalue weighted by Crippen LogP contribution is -2.47. The number of anilines is 2. The van der Waals surface area contributed by atoms with Gasteiger partial charge in [0.05, 0.1) is 53.1 Å². The Bertz CT molecular complexity index is 2970. The van der Waals surface area contributed by atoms with Crippen LogP contribution in [-0.4, -0.2) is 109 Å². The van der Waals surface area contributed by atoms with Crippen molar-refractivity contribution in [2.75, 3.05) is 69.3 Å². The number of alkyl halides is 3. The summed E-state index contributed by atoms with van der Waals surface area (Å²) in [5.41, 5.74) is 1.98. The van der Waals surface area contributed by atoms with Crippen molar-refractivity contribution in [3.63, 3.8) is 0 Å². The average Bonchev–Trinajstić information content (AvgIpc) is 3.79. The number of nitro benzene ring substituents is 1. The monoisotopic (exact) mass is 1050 g/mol. The van der Waals surface area contributed by atoms with Gasteiger partial charge >= 0.3 is 14.0 Å². The molecular formula is C46H50ClF3N7O12PS. The number of carbonyl (C=O) groups is 1. The van der Waals surface area contributed by atoms with Crippen LogP contribution in [0.4, 0.5) is 30.2 Å². The summed E-state index contributed by atoms with van der Waals surface area (Å²) in [7, 11) is -9.68. The first-order valence-corrected chi connectivity index (χ1v) is 25.7.